The lowest BCUT2D eigenvalue weighted by molar-refractivity contribution is 0.620. The van der Waals surface area contributed by atoms with Crippen molar-refractivity contribution in [2.75, 3.05) is 5.32 Å². The second-order valence-electron chi connectivity index (χ2n) is 4.07. The van der Waals surface area contributed by atoms with Crippen LogP contribution in [0.1, 0.15) is 38.5 Å². The average Bonchev–Trinajstić information content (AvgIpc) is 2.48. The van der Waals surface area contributed by atoms with Gasteiger partial charge in [-0.25, -0.2) is 0 Å². The Bertz CT molecular complexity index is 250. The maximum absolute atomic E-state index is 4.02. The second kappa shape index (κ2) is 4.99. The predicted molar refractivity (Wildman–Crippen MR) is 59.3 cm³/mol. The number of nitrogens with zero attached hydrogens (tertiary/aromatic N) is 1. The molecule has 0 amide bonds. The summed E-state index contributed by atoms with van der Waals surface area (Å²) in [7, 11) is 0. The van der Waals surface area contributed by atoms with E-state index < -0.39 is 0 Å². The van der Waals surface area contributed by atoms with E-state index in [0.717, 1.165) is 0 Å². The van der Waals surface area contributed by atoms with E-state index in [2.05, 4.69) is 10.3 Å². The molecule has 2 rings (SSSR count). The minimum atomic E-state index is 0.680. The molecule has 1 aliphatic carbocycles. The molecule has 0 aliphatic heterocycles. The monoisotopic (exact) mass is 190 g/mol. The number of pyridine rings is 1. The number of nitrogens with one attached hydrogen (secondary N) is 1. The van der Waals surface area contributed by atoms with Gasteiger partial charge in [-0.1, -0.05) is 25.7 Å². The Hall–Kier alpha value is -1.05. The fourth-order valence-electron chi connectivity index (χ4n) is 2.11. The average molecular weight is 190 g/mol. The molecule has 0 unspecified atom stereocenters. The molecule has 0 aromatic carbocycles. The summed E-state index contributed by atoms with van der Waals surface area (Å²) in [4.78, 5) is 4.02. The standard InChI is InChI=1S/C12H18N2/c1-2-4-6-11(5-3-1)14-12-7-9-13-10-8-12/h7-11H,1-6H2,(H,13,14). The summed E-state index contributed by atoms with van der Waals surface area (Å²) in [6, 6.07) is 4.77. The molecule has 0 atom stereocenters. The molecule has 2 heteroatoms. The third-order valence-electron chi connectivity index (χ3n) is 2.91. The van der Waals surface area contributed by atoms with Crippen LogP contribution >= 0.6 is 0 Å². The molecule has 1 saturated carbocycles. The van der Waals surface area contributed by atoms with Crippen molar-refractivity contribution in [3.63, 3.8) is 0 Å². The summed E-state index contributed by atoms with van der Waals surface area (Å²) in [5.41, 5.74) is 1.21. The van der Waals surface area contributed by atoms with Crippen LogP contribution in [0.5, 0.6) is 0 Å². The molecule has 0 saturated heterocycles. The SMILES string of the molecule is c1cc(NC2CCCCCC2)ccn1. The van der Waals surface area contributed by atoms with E-state index in [1.807, 2.05) is 24.5 Å². The fourth-order valence-corrected chi connectivity index (χ4v) is 2.11. The second-order valence-corrected chi connectivity index (χ2v) is 4.07. The minimum Gasteiger partial charge on any atom is -0.382 e. The van der Waals surface area contributed by atoms with Gasteiger partial charge in [-0.3, -0.25) is 4.98 Å². The summed E-state index contributed by atoms with van der Waals surface area (Å²) in [6.07, 6.45) is 11.9. The molecule has 1 heterocycles. The lowest BCUT2D eigenvalue weighted by Crippen LogP contribution is -2.17. The first-order valence-corrected chi connectivity index (χ1v) is 5.62. The predicted octanol–water partition coefficient (Wildman–Crippen LogP) is 3.22. The van der Waals surface area contributed by atoms with Gasteiger partial charge in [0.05, 0.1) is 0 Å². The first-order chi connectivity index (χ1) is 6.95. The molecule has 1 aliphatic rings. The number of hydrogen-bond acceptors (Lipinski definition) is 2. The van der Waals surface area contributed by atoms with Crippen molar-refractivity contribution >= 4 is 5.69 Å². The highest BCUT2D eigenvalue weighted by molar-refractivity contribution is 5.41. The van der Waals surface area contributed by atoms with Crippen molar-refractivity contribution in [3.8, 4) is 0 Å². The summed E-state index contributed by atoms with van der Waals surface area (Å²) < 4.78 is 0. The number of anilines is 1. The Labute approximate surface area is 85.7 Å². The Kier molecular flexibility index (Phi) is 3.39. The van der Waals surface area contributed by atoms with E-state index in [0.29, 0.717) is 6.04 Å². The lowest BCUT2D eigenvalue weighted by atomic mass is 10.1. The maximum atomic E-state index is 4.02. The van der Waals surface area contributed by atoms with Crippen molar-refractivity contribution in [3.05, 3.63) is 24.5 Å². The van der Waals surface area contributed by atoms with Gasteiger partial charge in [0.1, 0.15) is 0 Å². The van der Waals surface area contributed by atoms with Crippen LogP contribution in [0.4, 0.5) is 5.69 Å². The highest BCUT2D eigenvalue weighted by Crippen LogP contribution is 2.20. The van der Waals surface area contributed by atoms with Gasteiger partial charge in [0.15, 0.2) is 0 Å². The molecule has 0 spiro atoms. The van der Waals surface area contributed by atoms with Gasteiger partial charge >= 0.3 is 0 Å². The van der Waals surface area contributed by atoms with Crippen molar-refractivity contribution in [2.45, 2.75) is 44.6 Å². The van der Waals surface area contributed by atoms with Gasteiger partial charge in [-0.2, -0.15) is 0 Å². The Balaban J connectivity index is 1.90. The van der Waals surface area contributed by atoms with Gasteiger partial charge in [-0.05, 0) is 25.0 Å². The van der Waals surface area contributed by atoms with Crippen LogP contribution in [0.2, 0.25) is 0 Å². The van der Waals surface area contributed by atoms with Crippen molar-refractivity contribution in [1.29, 1.82) is 0 Å². The van der Waals surface area contributed by atoms with E-state index in [1.165, 1.54) is 44.2 Å². The van der Waals surface area contributed by atoms with Crippen LogP contribution in [-0.2, 0) is 0 Å². The summed E-state index contributed by atoms with van der Waals surface area (Å²) in [5.74, 6) is 0. The van der Waals surface area contributed by atoms with Crippen LogP contribution in [-0.4, -0.2) is 11.0 Å². The fraction of sp³-hybridized carbons (Fsp3) is 0.583. The molecular formula is C12H18N2. The minimum absolute atomic E-state index is 0.680. The quantitative estimate of drug-likeness (QED) is 0.724. The molecule has 14 heavy (non-hydrogen) atoms. The van der Waals surface area contributed by atoms with Crippen LogP contribution in [0.25, 0.3) is 0 Å². The highest BCUT2D eigenvalue weighted by atomic mass is 14.9. The maximum Gasteiger partial charge on any atom is 0.0373 e. The van der Waals surface area contributed by atoms with E-state index in [9.17, 15) is 0 Å². The first kappa shape index (κ1) is 9.50. The van der Waals surface area contributed by atoms with Crippen LogP contribution < -0.4 is 5.32 Å². The molecule has 2 nitrogen and oxygen atoms in total. The number of rotatable bonds is 2. The zero-order valence-corrected chi connectivity index (χ0v) is 8.58. The van der Waals surface area contributed by atoms with Crippen LogP contribution in [0, 0.1) is 0 Å². The topological polar surface area (TPSA) is 24.9 Å². The molecule has 0 radical (unpaired) electrons. The Morgan fingerprint density at radius 3 is 2.29 bits per heavy atom. The third-order valence-corrected chi connectivity index (χ3v) is 2.91. The molecule has 1 fully saturated rings. The van der Waals surface area contributed by atoms with E-state index in [4.69, 9.17) is 0 Å². The van der Waals surface area contributed by atoms with Gasteiger partial charge in [-0.15, -0.1) is 0 Å². The van der Waals surface area contributed by atoms with Gasteiger partial charge in [0, 0.05) is 24.1 Å². The van der Waals surface area contributed by atoms with E-state index >= 15 is 0 Å². The summed E-state index contributed by atoms with van der Waals surface area (Å²) >= 11 is 0. The van der Waals surface area contributed by atoms with Crippen LogP contribution in [0.15, 0.2) is 24.5 Å². The summed E-state index contributed by atoms with van der Waals surface area (Å²) in [5, 5.41) is 3.58. The Morgan fingerprint density at radius 2 is 1.64 bits per heavy atom. The number of hydrogen-bond donors (Lipinski definition) is 1. The van der Waals surface area contributed by atoms with Gasteiger partial charge < -0.3 is 5.32 Å². The van der Waals surface area contributed by atoms with Gasteiger partial charge in [0.25, 0.3) is 0 Å². The van der Waals surface area contributed by atoms with Crippen LogP contribution in [0.3, 0.4) is 0 Å². The van der Waals surface area contributed by atoms with Crippen molar-refractivity contribution in [2.24, 2.45) is 0 Å². The molecular weight excluding hydrogens is 172 g/mol. The van der Waals surface area contributed by atoms with E-state index in [-0.39, 0.29) is 0 Å². The molecule has 0 bridgehead atoms. The molecule has 1 aromatic heterocycles. The smallest absolute Gasteiger partial charge is 0.0373 e. The third kappa shape index (κ3) is 2.72. The van der Waals surface area contributed by atoms with Crippen molar-refractivity contribution in [1.82, 2.24) is 4.98 Å². The van der Waals surface area contributed by atoms with Crippen molar-refractivity contribution < 1.29 is 0 Å². The lowest BCUT2D eigenvalue weighted by Gasteiger charge is -2.17. The summed E-state index contributed by atoms with van der Waals surface area (Å²) in [6.45, 7) is 0. The van der Waals surface area contributed by atoms with E-state index in [1.54, 1.807) is 0 Å². The zero-order valence-electron chi connectivity index (χ0n) is 8.58. The molecule has 76 valence electrons. The zero-order chi connectivity index (χ0) is 9.64. The number of aromatic nitrogens is 1. The molecule has 1 aromatic rings. The first-order valence-electron chi connectivity index (χ1n) is 5.62. The highest BCUT2D eigenvalue weighted by Gasteiger charge is 2.11. The molecule has 1 N–H and O–H groups in total. The normalized spacial score (nSPS) is 18.9. The Morgan fingerprint density at radius 1 is 1.00 bits per heavy atom. The van der Waals surface area contributed by atoms with Gasteiger partial charge in [0.2, 0.25) is 0 Å². The largest absolute Gasteiger partial charge is 0.382 e.